The normalized spacial score (nSPS) is 18.0. The van der Waals surface area contributed by atoms with Crippen LogP contribution in [-0.2, 0) is 17.8 Å². The fourth-order valence-corrected chi connectivity index (χ4v) is 3.31. The van der Waals surface area contributed by atoms with Crippen LogP contribution in [0.1, 0.15) is 17.5 Å². The van der Waals surface area contributed by atoms with E-state index in [-0.39, 0.29) is 18.6 Å². The number of hydrogen-bond acceptors (Lipinski definition) is 5. The molecule has 1 saturated heterocycles. The van der Waals surface area contributed by atoms with Gasteiger partial charge < -0.3 is 14.7 Å². The summed E-state index contributed by atoms with van der Waals surface area (Å²) in [5.41, 5.74) is 3.01. The topological polar surface area (TPSA) is 74.2 Å². The first-order valence-corrected chi connectivity index (χ1v) is 8.81. The van der Waals surface area contributed by atoms with Crippen molar-refractivity contribution in [3.63, 3.8) is 0 Å². The predicted octanol–water partition coefficient (Wildman–Crippen LogP) is 1.99. The number of benzene rings is 2. The van der Waals surface area contributed by atoms with Gasteiger partial charge in [0.15, 0.2) is 0 Å². The maximum Gasteiger partial charge on any atom is 0.249 e. The number of fused-ring (bicyclic) bond motifs is 2. The highest BCUT2D eigenvalue weighted by Crippen LogP contribution is 2.32. The van der Waals surface area contributed by atoms with Crippen LogP contribution in [0.25, 0.3) is 0 Å². The van der Waals surface area contributed by atoms with Gasteiger partial charge in [-0.05, 0) is 23.8 Å². The maximum absolute atomic E-state index is 12.5. The van der Waals surface area contributed by atoms with Crippen molar-refractivity contribution >= 4 is 17.6 Å². The lowest BCUT2D eigenvalue weighted by Crippen LogP contribution is -2.38. The molecule has 2 aromatic rings. The van der Waals surface area contributed by atoms with E-state index in [0.29, 0.717) is 32.0 Å². The SMILES string of the molecule is O=C1NC2=Nc3ccc(OCCCO)cc3CN2C1Cc1ccccc1. The number of nitrogens with one attached hydrogen (secondary N) is 1. The van der Waals surface area contributed by atoms with Crippen LogP contribution in [0.4, 0.5) is 5.69 Å². The van der Waals surface area contributed by atoms with Crippen LogP contribution in [0.3, 0.4) is 0 Å². The summed E-state index contributed by atoms with van der Waals surface area (Å²) in [7, 11) is 0. The number of amides is 1. The number of carbonyl (C=O) groups is 1. The van der Waals surface area contributed by atoms with Crippen LogP contribution in [0.5, 0.6) is 5.75 Å². The highest BCUT2D eigenvalue weighted by atomic mass is 16.5. The number of aliphatic hydroxyl groups is 1. The third kappa shape index (κ3) is 3.28. The molecule has 2 aliphatic heterocycles. The van der Waals surface area contributed by atoms with Crippen LogP contribution < -0.4 is 10.1 Å². The molecule has 0 bridgehead atoms. The van der Waals surface area contributed by atoms with E-state index in [2.05, 4.69) is 10.3 Å². The summed E-state index contributed by atoms with van der Waals surface area (Å²) in [6.07, 6.45) is 1.25. The minimum absolute atomic E-state index is 0.0140. The molecule has 26 heavy (non-hydrogen) atoms. The summed E-state index contributed by atoms with van der Waals surface area (Å²) in [5, 5.41) is 11.8. The molecule has 0 saturated carbocycles. The molecular weight excluding hydrogens is 330 g/mol. The standard InChI is InChI=1S/C20H21N3O3/c24-9-4-10-26-16-7-8-17-15(12-16)13-23-18(19(25)22-20(23)21-17)11-14-5-2-1-3-6-14/h1-3,5-8,12,18,24H,4,9-11,13H2,(H,21,22,25). The third-order valence-electron chi connectivity index (χ3n) is 4.65. The second-order valence-corrected chi connectivity index (χ2v) is 6.47. The van der Waals surface area contributed by atoms with Gasteiger partial charge in [-0.3, -0.25) is 10.1 Å². The highest BCUT2D eigenvalue weighted by molar-refractivity contribution is 6.07. The van der Waals surface area contributed by atoms with Crippen molar-refractivity contribution in [3.05, 3.63) is 59.7 Å². The van der Waals surface area contributed by atoms with Crippen LogP contribution in [0.2, 0.25) is 0 Å². The Hall–Kier alpha value is -2.86. The predicted molar refractivity (Wildman–Crippen MR) is 98.4 cm³/mol. The van der Waals surface area contributed by atoms with Crippen molar-refractivity contribution in [2.75, 3.05) is 13.2 Å². The molecule has 2 N–H and O–H groups in total. The number of carbonyl (C=O) groups excluding carboxylic acids is 1. The third-order valence-corrected chi connectivity index (χ3v) is 4.65. The zero-order valence-electron chi connectivity index (χ0n) is 14.4. The lowest BCUT2D eigenvalue weighted by atomic mass is 10.0. The zero-order valence-corrected chi connectivity index (χ0v) is 14.4. The number of guanidine groups is 1. The molecule has 4 rings (SSSR count). The fraction of sp³-hybridized carbons (Fsp3) is 0.300. The van der Waals surface area contributed by atoms with E-state index in [9.17, 15) is 4.79 Å². The average molecular weight is 351 g/mol. The molecule has 2 aromatic carbocycles. The van der Waals surface area contributed by atoms with E-state index in [0.717, 1.165) is 22.6 Å². The lowest BCUT2D eigenvalue weighted by molar-refractivity contribution is -0.121. The summed E-state index contributed by atoms with van der Waals surface area (Å²) in [6.45, 7) is 1.20. The molecule has 2 aliphatic rings. The molecule has 1 fully saturated rings. The average Bonchev–Trinajstić information content (AvgIpc) is 2.95. The molecule has 1 amide bonds. The van der Waals surface area contributed by atoms with Gasteiger partial charge in [-0.2, -0.15) is 0 Å². The van der Waals surface area contributed by atoms with E-state index < -0.39 is 0 Å². The van der Waals surface area contributed by atoms with E-state index in [1.807, 2.05) is 53.4 Å². The van der Waals surface area contributed by atoms with Crippen LogP contribution in [0, 0.1) is 0 Å². The Morgan fingerprint density at radius 1 is 1.23 bits per heavy atom. The Balaban J connectivity index is 1.54. The van der Waals surface area contributed by atoms with Gasteiger partial charge in [-0.1, -0.05) is 30.3 Å². The first-order chi connectivity index (χ1) is 12.7. The van der Waals surface area contributed by atoms with Crippen molar-refractivity contribution in [3.8, 4) is 5.75 Å². The number of ether oxygens (including phenoxy) is 1. The highest BCUT2D eigenvalue weighted by Gasteiger charge is 2.38. The summed E-state index contributed by atoms with van der Waals surface area (Å²) in [6, 6.07) is 15.5. The lowest BCUT2D eigenvalue weighted by Gasteiger charge is -2.28. The Bertz CT molecular complexity index is 835. The number of aliphatic hydroxyl groups excluding tert-OH is 1. The second kappa shape index (κ2) is 7.17. The first kappa shape index (κ1) is 16.6. The van der Waals surface area contributed by atoms with Gasteiger partial charge in [-0.15, -0.1) is 0 Å². The smallest absolute Gasteiger partial charge is 0.249 e. The van der Waals surface area contributed by atoms with Gasteiger partial charge in [0.05, 0.1) is 12.3 Å². The van der Waals surface area contributed by atoms with Crippen molar-refractivity contribution in [1.29, 1.82) is 0 Å². The number of rotatable bonds is 6. The first-order valence-electron chi connectivity index (χ1n) is 8.81. The number of nitrogens with zero attached hydrogens (tertiary/aromatic N) is 2. The Labute approximate surface area is 152 Å². The quantitative estimate of drug-likeness (QED) is 0.781. The van der Waals surface area contributed by atoms with Crippen LogP contribution in [0.15, 0.2) is 53.5 Å². The van der Waals surface area contributed by atoms with Gasteiger partial charge >= 0.3 is 0 Å². The summed E-state index contributed by atoms with van der Waals surface area (Å²) >= 11 is 0. The molecule has 1 atom stereocenters. The molecular formula is C20H21N3O3. The van der Waals surface area contributed by atoms with Crippen LogP contribution in [-0.4, -0.2) is 41.1 Å². The van der Waals surface area contributed by atoms with E-state index in [4.69, 9.17) is 9.84 Å². The Morgan fingerprint density at radius 3 is 2.88 bits per heavy atom. The van der Waals surface area contributed by atoms with Gasteiger partial charge in [0.2, 0.25) is 11.9 Å². The van der Waals surface area contributed by atoms with Gasteiger partial charge in [-0.25, -0.2) is 4.99 Å². The molecule has 0 aromatic heterocycles. The van der Waals surface area contributed by atoms with Gasteiger partial charge in [0.1, 0.15) is 11.8 Å². The minimum Gasteiger partial charge on any atom is -0.493 e. The van der Waals surface area contributed by atoms with Crippen molar-refractivity contribution < 1.29 is 14.6 Å². The maximum atomic E-state index is 12.5. The number of aliphatic imine (C=N–C) groups is 1. The van der Waals surface area contributed by atoms with E-state index in [1.54, 1.807) is 0 Å². The monoisotopic (exact) mass is 351 g/mol. The molecule has 1 unspecified atom stereocenters. The van der Waals surface area contributed by atoms with Crippen molar-refractivity contribution in [2.45, 2.75) is 25.4 Å². The molecule has 6 heteroatoms. The Morgan fingerprint density at radius 2 is 2.08 bits per heavy atom. The summed E-state index contributed by atoms with van der Waals surface area (Å²) < 4.78 is 5.66. The summed E-state index contributed by atoms with van der Waals surface area (Å²) in [5.74, 6) is 1.37. The number of hydrogen-bond donors (Lipinski definition) is 2. The van der Waals surface area contributed by atoms with Crippen LogP contribution >= 0.6 is 0 Å². The minimum atomic E-state index is -0.261. The Kier molecular flexibility index (Phi) is 4.58. The molecule has 6 nitrogen and oxygen atoms in total. The van der Waals surface area contributed by atoms with Gasteiger partial charge in [0.25, 0.3) is 0 Å². The van der Waals surface area contributed by atoms with E-state index >= 15 is 0 Å². The van der Waals surface area contributed by atoms with Gasteiger partial charge in [0, 0.05) is 31.6 Å². The molecule has 0 spiro atoms. The molecule has 134 valence electrons. The van der Waals surface area contributed by atoms with Crippen molar-refractivity contribution in [1.82, 2.24) is 10.2 Å². The fourth-order valence-electron chi connectivity index (χ4n) is 3.31. The molecule has 0 radical (unpaired) electrons. The summed E-state index contributed by atoms with van der Waals surface area (Å²) in [4.78, 5) is 19.1. The van der Waals surface area contributed by atoms with E-state index in [1.165, 1.54) is 0 Å². The zero-order chi connectivity index (χ0) is 17.9. The van der Waals surface area contributed by atoms with Crippen molar-refractivity contribution in [2.24, 2.45) is 4.99 Å². The molecule has 2 heterocycles. The second-order valence-electron chi connectivity index (χ2n) is 6.47. The molecule has 0 aliphatic carbocycles. The largest absolute Gasteiger partial charge is 0.493 e.